The Bertz CT molecular complexity index is 401. The first-order valence-electron chi connectivity index (χ1n) is 11.4. The van der Waals surface area contributed by atoms with Crippen molar-refractivity contribution in [1.82, 2.24) is 5.32 Å². The number of nitrogens with one attached hydrogen (secondary N) is 1. The van der Waals surface area contributed by atoms with E-state index in [4.69, 9.17) is 0 Å². The summed E-state index contributed by atoms with van der Waals surface area (Å²) < 4.78 is 0. The van der Waals surface area contributed by atoms with Crippen LogP contribution in [0.5, 0.6) is 0 Å². The van der Waals surface area contributed by atoms with Crippen molar-refractivity contribution in [3.63, 3.8) is 0 Å². The maximum Gasteiger partial charge on any atom is 0.252 e. The smallest absolute Gasteiger partial charge is 0.252 e. The maximum absolute atomic E-state index is 11.5. The van der Waals surface area contributed by atoms with Crippen LogP contribution in [0.25, 0.3) is 0 Å². The van der Waals surface area contributed by atoms with Gasteiger partial charge < -0.3 is 0 Å². The lowest BCUT2D eigenvalue weighted by Crippen LogP contribution is -2.30. The summed E-state index contributed by atoms with van der Waals surface area (Å²) in [6.45, 7) is 9.76. The van der Waals surface area contributed by atoms with E-state index in [0.717, 1.165) is 18.8 Å². The van der Waals surface area contributed by atoms with Gasteiger partial charge in [0.1, 0.15) is 0 Å². The first-order valence-corrected chi connectivity index (χ1v) is 11.4. The van der Waals surface area contributed by atoms with Crippen LogP contribution in [0, 0.1) is 5.92 Å². The highest BCUT2D eigenvalue weighted by atomic mass is 16.2. The van der Waals surface area contributed by atoms with Crippen molar-refractivity contribution in [2.24, 2.45) is 5.92 Å². The van der Waals surface area contributed by atoms with Crippen molar-refractivity contribution in [2.75, 3.05) is 0 Å². The molecule has 158 valence electrons. The van der Waals surface area contributed by atoms with Crippen LogP contribution in [0.1, 0.15) is 124 Å². The maximum atomic E-state index is 11.5. The molecule has 0 spiro atoms. The van der Waals surface area contributed by atoms with Gasteiger partial charge in [0.05, 0.1) is 0 Å². The molecule has 0 saturated heterocycles. The minimum absolute atomic E-state index is 0.178. The topological polar surface area (TPSA) is 46.2 Å². The molecule has 0 fully saturated rings. The Morgan fingerprint density at radius 2 is 1.07 bits per heavy atom. The molecule has 27 heavy (non-hydrogen) atoms. The summed E-state index contributed by atoms with van der Waals surface area (Å²) in [5.41, 5.74) is 0.380. The largest absolute Gasteiger partial charge is 0.293 e. The number of amides is 2. The molecule has 0 radical (unpaired) electrons. The first kappa shape index (κ1) is 25.9. The van der Waals surface area contributed by atoms with E-state index in [1.54, 1.807) is 6.92 Å². The normalized spacial score (nSPS) is 11.0. The fourth-order valence-electron chi connectivity index (χ4n) is 3.26. The quantitative estimate of drug-likeness (QED) is 0.204. The van der Waals surface area contributed by atoms with Crippen molar-refractivity contribution < 1.29 is 9.59 Å². The molecule has 0 aliphatic rings. The third kappa shape index (κ3) is 19.4. The highest BCUT2D eigenvalue weighted by molar-refractivity contribution is 6.03. The Morgan fingerprint density at radius 3 is 1.44 bits per heavy atom. The van der Waals surface area contributed by atoms with Gasteiger partial charge in [0.2, 0.25) is 5.91 Å². The number of hydrogen-bond acceptors (Lipinski definition) is 2. The number of carbonyl (C=O) groups is 2. The molecule has 0 aromatic rings. The van der Waals surface area contributed by atoms with Gasteiger partial charge in [-0.15, -0.1) is 0 Å². The van der Waals surface area contributed by atoms with Gasteiger partial charge in [0.15, 0.2) is 0 Å². The van der Waals surface area contributed by atoms with E-state index in [1.165, 1.54) is 83.5 Å². The molecule has 2 amide bonds. The number of carbonyl (C=O) groups excluding carboxylic acids is 2. The zero-order valence-electron chi connectivity index (χ0n) is 18.4. The lowest BCUT2D eigenvalue weighted by molar-refractivity contribution is -0.128. The van der Waals surface area contributed by atoms with Crippen molar-refractivity contribution in [2.45, 2.75) is 124 Å². The third-order valence-corrected chi connectivity index (χ3v) is 5.08. The molecule has 3 nitrogen and oxygen atoms in total. The lowest BCUT2D eigenvalue weighted by atomic mass is 10.0. The van der Waals surface area contributed by atoms with Gasteiger partial charge in [-0.2, -0.15) is 0 Å². The van der Waals surface area contributed by atoms with Gasteiger partial charge >= 0.3 is 0 Å². The Balaban J connectivity index is 3.20. The van der Waals surface area contributed by atoms with Crippen LogP contribution in [0.3, 0.4) is 0 Å². The summed E-state index contributed by atoms with van der Waals surface area (Å²) in [5, 5.41) is 2.36. The number of unbranched alkanes of at least 4 members (excludes halogenated alkanes) is 13. The third-order valence-electron chi connectivity index (χ3n) is 5.08. The molecule has 3 heteroatoms. The Morgan fingerprint density at radius 1 is 0.704 bits per heavy atom. The average Bonchev–Trinajstić information content (AvgIpc) is 2.60. The highest BCUT2D eigenvalue weighted by Crippen LogP contribution is 2.14. The molecule has 0 saturated carbocycles. The molecule has 0 aromatic carbocycles. The zero-order chi connectivity index (χ0) is 20.3. The molecular weight excluding hydrogens is 334 g/mol. The summed E-state index contributed by atoms with van der Waals surface area (Å²) in [6, 6.07) is 0. The summed E-state index contributed by atoms with van der Waals surface area (Å²) in [6.07, 6.45) is 20.2. The minimum Gasteiger partial charge on any atom is -0.293 e. The Labute approximate surface area is 168 Å². The fraction of sp³-hybridized carbons (Fsp3) is 0.833. The van der Waals surface area contributed by atoms with Gasteiger partial charge in [0, 0.05) is 12.0 Å². The van der Waals surface area contributed by atoms with Gasteiger partial charge in [-0.1, -0.05) is 110 Å². The lowest BCUT2D eigenvalue weighted by Gasteiger charge is -2.05. The van der Waals surface area contributed by atoms with Crippen molar-refractivity contribution >= 4 is 11.8 Å². The van der Waals surface area contributed by atoms with Crippen molar-refractivity contribution in [3.05, 3.63) is 12.2 Å². The van der Waals surface area contributed by atoms with Gasteiger partial charge in [-0.3, -0.25) is 14.9 Å². The SMILES string of the molecule is C=C(C)C(=O)NC(=O)CCCCCCCCCCCCCCCCC(C)C. The van der Waals surface area contributed by atoms with Crippen LogP contribution >= 0.6 is 0 Å². The van der Waals surface area contributed by atoms with Crippen LogP contribution in [0.15, 0.2) is 12.2 Å². The molecule has 1 N–H and O–H groups in total. The number of hydrogen-bond donors (Lipinski definition) is 1. The van der Waals surface area contributed by atoms with E-state index >= 15 is 0 Å². The summed E-state index contributed by atoms with van der Waals surface area (Å²) in [4.78, 5) is 22.8. The molecule has 0 aromatic heterocycles. The van der Waals surface area contributed by atoms with Crippen LogP contribution < -0.4 is 5.32 Å². The standard InChI is InChI=1S/C24H45NO2/c1-21(2)19-17-15-13-11-9-7-5-6-8-10-12-14-16-18-20-23(26)25-24(27)22(3)4/h21H,3,5-20H2,1-2,4H3,(H,25,26,27). The molecule has 0 aliphatic carbocycles. The Kier molecular flexibility index (Phi) is 17.5. The summed E-state index contributed by atoms with van der Waals surface area (Å²) in [5.74, 6) is 0.330. The average molecular weight is 380 g/mol. The van der Waals surface area contributed by atoms with Gasteiger partial charge in [-0.05, 0) is 19.3 Å². The monoisotopic (exact) mass is 379 g/mol. The van der Waals surface area contributed by atoms with Crippen molar-refractivity contribution in [3.8, 4) is 0 Å². The number of imide groups is 1. The fourth-order valence-corrected chi connectivity index (χ4v) is 3.26. The molecule has 0 atom stereocenters. The highest BCUT2D eigenvalue weighted by Gasteiger charge is 2.07. The second-order valence-corrected chi connectivity index (χ2v) is 8.54. The first-order chi connectivity index (χ1) is 12.9. The van der Waals surface area contributed by atoms with E-state index in [9.17, 15) is 9.59 Å². The molecule has 0 heterocycles. The van der Waals surface area contributed by atoms with E-state index in [2.05, 4.69) is 25.7 Å². The van der Waals surface area contributed by atoms with E-state index in [0.29, 0.717) is 12.0 Å². The van der Waals surface area contributed by atoms with Crippen LogP contribution in [-0.2, 0) is 9.59 Å². The van der Waals surface area contributed by atoms with Gasteiger partial charge in [-0.25, -0.2) is 0 Å². The zero-order valence-corrected chi connectivity index (χ0v) is 18.4. The van der Waals surface area contributed by atoms with Crippen LogP contribution in [0.2, 0.25) is 0 Å². The van der Waals surface area contributed by atoms with Crippen LogP contribution in [0.4, 0.5) is 0 Å². The van der Waals surface area contributed by atoms with E-state index in [1.807, 2.05) is 0 Å². The Hall–Kier alpha value is -1.12. The van der Waals surface area contributed by atoms with E-state index < -0.39 is 0 Å². The molecule has 0 unspecified atom stereocenters. The van der Waals surface area contributed by atoms with Gasteiger partial charge in [0.25, 0.3) is 5.91 Å². The van der Waals surface area contributed by atoms with E-state index in [-0.39, 0.29) is 11.8 Å². The molecule has 0 rings (SSSR count). The predicted molar refractivity (Wildman–Crippen MR) is 117 cm³/mol. The van der Waals surface area contributed by atoms with Crippen molar-refractivity contribution in [1.29, 1.82) is 0 Å². The molecular formula is C24H45NO2. The predicted octanol–water partition coefficient (Wildman–Crippen LogP) is 7.10. The van der Waals surface area contributed by atoms with Crippen LogP contribution in [-0.4, -0.2) is 11.8 Å². The summed E-state index contributed by atoms with van der Waals surface area (Å²) in [7, 11) is 0. The number of rotatable bonds is 18. The molecule has 0 aliphatic heterocycles. The molecule has 0 bridgehead atoms. The summed E-state index contributed by atoms with van der Waals surface area (Å²) >= 11 is 0. The second-order valence-electron chi connectivity index (χ2n) is 8.54. The second kappa shape index (κ2) is 18.3. The minimum atomic E-state index is -0.355.